The minimum absolute atomic E-state index is 0.0241. The highest BCUT2D eigenvalue weighted by Crippen LogP contribution is 2.17. The van der Waals surface area contributed by atoms with Crippen molar-refractivity contribution < 1.29 is 37.9 Å². The standard InChI is InChI=1S/C26H40N2O8/c1-29-13-15-31-19-35-25(23(27)17-33-21-9-5-3-6-10-21)26(36-20-32-16-14-30-2)24(28)18-34-22-11-7-4-8-12-22/h3-12,23-26H,13-20,27-28H2,1-2H3/t23-,24-,25+,26+/m1/s1. The minimum atomic E-state index is -0.684. The largest absolute Gasteiger partial charge is 0.492 e. The maximum absolute atomic E-state index is 6.54. The number of methoxy groups -OCH3 is 2. The van der Waals surface area contributed by atoms with Crippen molar-refractivity contribution in [3.63, 3.8) is 0 Å². The third-order valence-corrected chi connectivity index (χ3v) is 5.09. The topological polar surface area (TPSA) is 126 Å². The van der Waals surface area contributed by atoms with Gasteiger partial charge in [-0.3, -0.25) is 0 Å². The molecule has 0 fully saturated rings. The molecule has 0 saturated carbocycles. The third kappa shape index (κ3) is 12.1. The van der Waals surface area contributed by atoms with Gasteiger partial charge in [0.05, 0.1) is 38.5 Å². The monoisotopic (exact) mass is 508 g/mol. The molecule has 0 aromatic heterocycles. The molecule has 0 bridgehead atoms. The fourth-order valence-electron chi connectivity index (χ4n) is 3.19. The lowest BCUT2D eigenvalue weighted by atomic mass is 10.0. The zero-order valence-electron chi connectivity index (χ0n) is 21.2. The molecule has 0 aliphatic carbocycles. The number of nitrogens with two attached hydrogens (primary N) is 2. The molecule has 0 saturated heterocycles. The van der Waals surface area contributed by atoms with Crippen LogP contribution in [0.3, 0.4) is 0 Å². The molecule has 0 spiro atoms. The molecule has 2 aromatic rings. The SMILES string of the molecule is COCCOCO[C@H]([C@@H](OCOCCOC)[C@H](N)COc1ccccc1)[C@H](N)COc1ccccc1. The predicted molar refractivity (Wildman–Crippen MR) is 135 cm³/mol. The van der Waals surface area contributed by atoms with Crippen molar-refractivity contribution in [2.45, 2.75) is 24.3 Å². The van der Waals surface area contributed by atoms with Crippen molar-refractivity contribution in [1.29, 1.82) is 0 Å². The minimum Gasteiger partial charge on any atom is -0.492 e. The lowest BCUT2D eigenvalue weighted by Gasteiger charge is -2.34. The summed E-state index contributed by atoms with van der Waals surface area (Å²) in [5.41, 5.74) is 13.1. The van der Waals surface area contributed by atoms with Gasteiger partial charge in [-0.1, -0.05) is 36.4 Å². The van der Waals surface area contributed by atoms with Crippen molar-refractivity contribution in [1.82, 2.24) is 0 Å². The Kier molecular flexibility index (Phi) is 15.7. The fourth-order valence-corrected chi connectivity index (χ4v) is 3.19. The van der Waals surface area contributed by atoms with Gasteiger partial charge in [-0.25, -0.2) is 0 Å². The molecule has 0 aliphatic heterocycles. The number of hydrogen-bond donors (Lipinski definition) is 2. The summed E-state index contributed by atoms with van der Waals surface area (Å²) >= 11 is 0. The van der Waals surface area contributed by atoms with E-state index in [-0.39, 0.29) is 26.8 Å². The van der Waals surface area contributed by atoms with E-state index in [1.807, 2.05) is 60.7 Å². The third-order valence-electron chi connectivity index (χ3n) is 5.09. The summed E-state index contributed by atoms with van der Waals surface area (Å²) in [4.78, 5) is 0. The smallest absolute Gasteiger partial charge is 0.147 e. The van der Waals surface area contributed by atoms with Crippen LogP contribution in [0.5, 0.6) is 11.5 Å². The zero-order chi connectivity index (χ0) is 25.8. The predicted octanol–water partition coefficient (Wildman–Crippen LogP) is 1.81. The van der Waals surface area contributed by atoms with E-state index in [4.69, 9.17) is 49.4 Å². The highest BCUT2D eigenvalue weighted by Gasteiger charge is 2.35. The molecule has 36 heavy (non-hydrogen) atoms. The molecule has 4 N–H and O–H groups in total. The van der Waals surface area contributed by atoms with Gasteiger partial charge >= 0.3 is 0 Å². The van der Waals surface area contributed by atoms with Crippen LogP contribution in [0, 0.1) is 0 Å². The highest BCUT2D eigenvalue weighted by atomic mass is 16.7. The molecule has 0 radical (unpaired) electrons. The number of rotatable bonds is 21. The van der Waals surface area contributed by atoms with Gasteiger partial charge in [0, 0.05) is 14.2 Å². The first-order chi connectivity index (χ1) is 17.7. The van der Waals surface area contributed by atoms with Gasteiger partial charge in [-0.2, -0.15) is 0 Å². The summed E-state index contributed by atoms with van der Waals surface area (Å²) in [5.74, 6) is 1.39. The Morgan fingerprint density at radius 1 is 0.583 bits per heavy atom. The fraction of sp³-hybridized carbons (Fsp3) is 0.538. The molecule has 10 nitrogen and oxygen atoms in total. The van der Waals surface area contributed by atoms with Gasteiger partial charge in [-0.05, 0) is 24.3 Å². The van der Waals surface area contributed by atoms with Crippen LogP contribution in [-0.4, -0.2) is 91.7 Å². The van der Waals surface area contributed by atoms with Crippen LogP contribution in [0.1, 0.15) is 0 Å². The second-order valence-electron chi connectivity index (χ2n) is 7.88. The van der Waals surface area contributed by atoms with E-state index in [9.17, 15) is 0 Å². The molecule has 0 aliphatic rings. The first kappa shape index (κ1) is 29.9. The second kappa shape index (κ2) is 18.9. The number of benzene rings is 2. The van der Waals surface area contributed by atoms with Gasteiger partial charge in [0.1, 0.15) is 50.5 Å². The van der Waals surface area contributed by atoms with Crippen LogP contribution >= 0.6 is 0 Å². The van der Waals surface area contributed by atoms with Crippen molar-refractivity contribution in [3.05, 3.63) is 60.7 Å². The Morgan fingerprint density at radius 2 is 0.972 bits per heavy atom. The lowest BCUT2D eigenvalue weighted by molar-refractivity contribution is -0.184. The van der Waals surface area contributed by atoms with E-state index >= 15 is 0 Å². The average Bonchev–Trinajstić information content (AvgIpc) is 2.92. The molecule has 0 unspecified atom stereocenters. The molecule has 0 heterocycles. The summed E-state index contributed by atoms with van der Waals surface area (Å²) in [7, 11) is 3.20. The summed E-state index contributed by atoms with van der Waals surface area (Å²) < 4.78 is 44.9. The first-order valence-electron chi connectivity index (χ1n) is 11.9. The zero-order valence-corrected chi connectivity index (χ0v) is 21.2. The van der Waals surface area contributed by atoms with E-state index in [0.717, 1.165) is 0 Å². The molecule has 202 valence electrons. The molecule has 2 aromatic carbocycles. The summed E-state index contributed by atoms with van der Waals surface area (Å²) in [5, 5.41) is 0. The van der Waals surface area contributed by atoms with Crippen molar-refractivity contribution in [2.24, 2.45) is 11.5 Å². The van der Waals surface area contributed by atoms with E-state index < -0.39 is 24.3 Å². The Balaban J connectivity index is 2.08. The second-order valence-corrected chi connectivity index (χ2v) is 7.88. The average molecular weight is 509 g/mol. The highest BCUT2D eigenvalue weighted by molar-refractivity contribution is 5.21. The molecule has 4 atom stereocenters. The van der Waals surface area contributed by atoms with Gasteiger partial charge in [-0.15, -0.1) is 0 Å². The van der Waals surface area contributed by atoms with E-state index in [1.54, 1.807) is 14.2 Å². The molecular formula is C26H40N2O8. The van der Waals surface area contributed by atoms with E-state index in [1.165, 1.54) is 0 Å². The lowest BCUT2D eigenvalue weighted by Crippen LogP contribution is -2.57. The van der Waals surface area contributed by atoms with Gasteiger partial charge in [0.25, 0.3) is 0 Å². The summed E-state index contributed by atoms with van der Waals surface area (Å²) in [6.45, 7) is 1.91. The van der Waals surface area contributed by atoms with Crippen LogP contribution in [0.25, 0.3) is 0 Å². The Morgan fingerprint density at radius 3 is 1.33 bits per heavy atom. The van der Waals surface area contributed by atoms with Crippen LogP contribution in [0.4, 0.5) is 0 Å². The molecule has 0 amide bonds. The summed E-state index contributed by atoms with van der Waals surface area (Å²) in [6.07, 6.45) is -1.37. The maximum atomic E-state index is 6.54. The van der Waals surface area contributed by atoms with Crippen LogP contribution in [0.2, 0.25) is 0 Å². The van der Waals surface area contributed by atoms with E-state index in [0.29, 0.717) is 37.9 Å². The van der Waals surface area contributed by atoms with Crippen molar-refractivity contribution in [2.75, 3.05) is 67.4 Å². The van der Waals surface area contributed by atoms with Gasteiger partial charge in [0.2, 0.25) is 0 Å². The number of ether oxygens (including phenoxy) is 8. The number of hydrogen-bond acceptors (Lipinski definition) is 10. The van der Waals surface area contributed by atoms with E-state index in [2.05, 4.69) is 0 Å². The Bertz CT molecular complexity index is 706. The summed E-state index contributed by atoms with van der Waals surface area (Å²) in [6, 6.07) is 17.6. The maximum Gasteiger partial charge on any atom is 0.147 e. The number of para-hydroxylation sites is 2. The normalized spacial score (nSPS) is 14.7. The Labute approximate surface area is 213 Å². The quantitative estimate of drug-likeness (QED) is 0.190. The van der Waals surface area contributed by atoms with Crippen LogP contribution in [-0.2, 0) is 28.4 Å². The van der Waals surface area contributed by atoms with Crippen molar-refractivity contribution >= 4 is 0 Å². The molecule has 10 heteroatoms. The molecular weight excluding hydrogens is 468 g/mol. The van der Waals surface area contributed by atoms with Crippen molar-refractivity contribution in [3.8, 4) is 11.5 Å². The Hall–Kier alpha value is -2.28. The van der Waals surface area contributed by atoms with Crippen LogP contribution < -0.4 is 20.9 Å². The van der Waals surface area contributed by atoms with Crippen LogP contribution in [0.15, 0.2) is 60.7 Å². The van der Waals surface area contributed by atoms with Gasteiger partial charge in [0.15, 0.2) is 0 Å². The molecule has 2 rings (SSSR count). The van der Waals surface area contributed by atoms with Gasteiger partial charge < -0.3 is 49.4 Å². The first-order valence-corrected chi connectivity index (χ1v) is 11.9.